The van der Waals surface area contributed by atoms with Gasteiger partial charge in [-0.3, -0.25) is 9.89 Å². The van der Waals surface area contributed by atoms with Crippen molar-refractivity contribution in [2.45, 2.75) is 32.4 Å². The molecule has 0 saturated carbocycles. The van der Waals surface area contributed by atoms with Crippen molar-refractivity contribution >= 4 is 39.6 Å². The topological polar surface area (TPSA) is 109 Å². The first-order valence-electron chi connectivity index (χ1n) is 15.6. The first kappa shape index (κ1) is 32.3. The number of anilines is 1. The Morgan fingerprint density at radius 2 is 1.89 bits per heavy atom. The Kier molecular flexibility index (Phi) is 8.84. The van der Waals surface area contributed by atoms with Gasteiger partial charge in [0.25, 0.3) is 0 Å². The lowest BCUT2D eigenvalue weighted by molar-refractivity contribution is -0.153. The molecule has 0 aliphatic carbocycles. The molecule has 2 aliphatic rings. The van der Waals surface area contributed by atoms with Crippen LogP contribution in [-0.2, 0) is 4.79 Å². The second-order valence-electron chi connectivity index (χ2n) is 12.3. The summed E-state index contributed by atoms with van der Waals surface area (Å²) in [5.74, 6) is 0.457. The number of carbonyl (C=O) groups is 1. The Morgan fingerprint density at radius 3 is 2.57 bits per heavy atom. The molecule has 1 amide bonds. The van der Waals surface area contributed by atoms with Gasteiger partial charge >= 0.3 is 12.2 Å². The highest BCUT2D eigenvalue weighted by atomic mass is 19.4. The lowest BCUT2D eigenvalue weighted by Crippen LogP contribution is -2.61. The highest BCUT2D eigenvalue weighted by molar-refractivity contribution is 6.07. The van der Waals surface area contributed by atoms with Gasteiger partial charge in [-0.25, -0.2) is 0 Å². The van der Waals surface area contributed by atoms with E-state index in [2.05, 4.69) is 33.6 Å². The van der Waals surface area contributed by atoms with Crippen LogP contribution < -0.4 is 19.7 Å². The van der Waals surface area contributed by atoms with Crippen LogP contribution in [0.2, 0.25) is 0 Å². The summed E-state index contributed by atoms with van der Waals surface area (Å²) < 4.78 is 53.1. The van der Waals surface area contributed by atoms with Gasteiger partial charge in [-0.1, -0.05) is 25.3 Å². The van der Waals surface area contributed by atoms with E-state index in [0.717, 1.165) is 29.3 Å². The standard InChI is InChI=1S/C34H38F3N7O3/c1-5-22-16-23-29(30(47-20-34(35,36)37)28(22)27-21(3)8-9-25-24(27)17-39-42-25)40-32(46-15-7-12-38-4)41-31(23)43-13-10-33(11-14-43)18-44(19-33)26(45)6-2/h5-6,8-9,16-17,38H,1-2,7,10-15,18-20H2,3-4H3,(H,39,42). The van der Waals surface area contributed by atoms with Gasteiger partial charge in [0.1, 0.15) is 11.3 Å². The number of likely N-dealkylation sites (tertiary alicyclic amines) is 1. The van der Waals surface area contributed by atoms with Crippen LogP contribution in [0.4, 0.5) is 19.0 Å². The van der Waals surface area contributed by atoms with E-state index in [0.29, 0.717) is 73.6 Å². The van der Waals surface area contributed by atoms with Crippen molar-refractivity contribution in [3.05, 3.63) is 54.8 Å². The predicted octanol–water partition coefficient (Wildman–Crippen LogP) is 5.67. The van der Waals surface area contributed by atoms with Crippen LogP contribution in [0.25, 0.3) is 39.0 Å². The van der Waals surface area contributed by atoms with Gasteiger partial charge in [0, 0.05) is 47.9 Å². The molecule has 1 spiro atoms. The summed E-state index contributed by atoms with van der Waals surface area (Å²) in [5, 5.41) is 11.5. The fourth-order valence-electron chi connectivity index (χ4n) is 6.67. The number of amides is 1. The van der Waals surface area contributed by atoms with Crippen molar-refractivity contribution < 1.29 is 27.4 Å². The number of aromatic amines is 1. The van der Waals surface area contributed by atoms with Crippen molar-refractivity contribution in [2.24, 2.45) is 5.41 Å². The minimum atomic E-state index is -4.60. The number of aryl methyl sites for hydroxylation is 1. The Balaban J connectivity index is 1.50. The summed E-state index contributed by atoms with van der Waals surface area (Å²) in [6.07, 6.45) is 2.33. The highest BCUT2D eigenvalue weighted by Crippen LogP contribution is 2.47. The number of hydrogen-bond donors (Lipinski definition) is 2. The van der Waals surface area contributed by atoms with E-state index in [-0.39, 0.29) is 28.6 Å². The summed E-state index contributed by atoms with van der Waals surface area (Å²) in [6, 6.07) is 5.69. The lowest BCUT2D eigenvalue weighted by atomic mass is 9.72. The van der Waals surface area contributed by atoms with Crippen molar-refractivity contribution in [2.75, 3.05) is 57.9 Å². The molecule has 10 nitrogen and oxygen atoms in total. The van der Waals surface area contributed by atoms with Crippen LogP contribution in [0.5, 0.6) is 11.8 Å². The van der Waals surface area contributed by atoms with E-state index < -0.39 is 12.8 Å². The Bertz CT molecular complexity index is 1820. The number of nitrogens with one attached hydrogen (secondary N) is 2. The van der Waals surface area contributed by atoms with E-state index >= 15 is 0 Å². The number of rotatable bonds is 11. The SMILES string of the molecule is C=CC(=O)N1CC2(CCN(c3nc(OCCCNC)nc4c(OCC(F)(F)F)c(-c5c(C)ccc6[nH]ncc56)c(C=C)cc34)CC2)C1. The predicted molar refractivity (Wildman–Crippen MR) is 176 cm³/mol. The summed E-state index contributed by atoms with van der Waals surface area (Å²) in [5.41, 5.74) is 3.47. The van der Waals surface area contributed by atoms with Gasteiger partial charge in [0.05, 0.1) is 18.3 Å². The maximum absolute atomic E-state index is 13.8. The number of aromatic nitrogens is 4. The van der Waals surface area contributed by atoms with Crippen LogP contribution in [0.15, 0.2) is 43.6 Å². The third-order valence-electron chi connectivity index (χ3n) is 9.08. The molecule has 4 heterocycles. The maximum atomic E-state index is 13.8. The molecular weight excluding hydrogens is 611 g/mol. The van der Waals surface area contributed by atoms with E-state index in [9.17, 15) is 18.0 Å². The summed E-state index contributed by atoms with van der Waals surface area (Å²) in [7, 11) is 1.84. The van der Waals surface area contributed by atoms with Crippen LogP contribution in [0, 0.1) is 12.3 Å². The normalized spacial score (nSPS) is 16.0. The first-order valence-corrected chi connectivity index (χ1v) is 15.6. The van der Waals surface area contributed by atoms with Crippen molar-refractivity contribution in [1.29, 1.82) is 0 Å². The second kappa shape index (κ2) is 12.9. The molecule has 47 heavy (non-hydrogen) atoms. The van der Waals surface area contributed by atoms with Crippen molar-refractivity contribution in [1.82, 2.24) is 30.4 Å². The minimum Gasteiger partial charge on any atom is -0.481 e. The smallest absolute Gasteiger partial charge is 0.422 e. The minimum absolute atomic E-state index is 0.0196. The molecule has 248 valence electrons. The van der Waals surface area contributed by atoms with Gasteiger partial charge in [-0.2, -0.15) is 28.2 Å². The quantitative estimate of drug-likeness (QED) is 0.158. The zero-order valence-electron chi connectivity index (χ0n) is 26.5. The van der Waals surface area contributed by atoms with Gasteiger partial charge in [-0.05, 0) is 74.7 Å². The molecule has 0 unspecified atom stereocenters. The zero-order valence-corrected chi connectivity index (χ0v) is 26.5. The summed E-state index contributed by atoms with van der Waals surface area (Å²) >= 11 is 0. The van der Waals surface area contributed by atoms with Gasteiger partial charge < -0.3 is 24.6 Å². The third-order valence-corrected chi connectivity index (χ3v) is 9.08. The molecule has 4 aromatic rings. The van der Waals surface area contributed by atoms with Gasteiger partial charge in [-0.15, -0.1) is 0 Å². The second-order valence-corrected chi connectivity index (χ2v) is 12.3. The van der Waals surface area contributed by atoms with Crippen molar-refractivity contribution in [3.63, 3.8) is 0 Å². The lowest BCUT2D eigenvalue weighted by Gasteiger charge is -2.54. The third kappa shape index (κ3) is 6.36. The zero-order chi connectivity index (χ0) is 33.3. The number of H-pyrrole nitrogens is 1. The number of alkyl halides is 3. The summed E-state index contributed by atoms with van der Waals surface area (Å²) in [4.78, 5) is 25.5. The van der Waals surface area contributed by atoms with Crippen LogP contribution in [-0.4, -0.2) is 90.1 Å². The molecule has 6 rings (SSSR count). The monoisotopic (exact) mass is 649 g/mol. The largest absolute Gasteiger partial charge is 0.481 e. The number of benzene rings is 2. The van der Waals surface area contributed by atoms with Crippen LogP contribution in [0.1, 0.15) is 30.4 Å². The molecular formula is C34H38F3N7O3. The number of carbonyl (C=O) groups excluding carboxylic acids is 1. The molecule has 0 atom stereocenters. The number of nitrogens with zero attached hydrogens (tertiary/aromatic N) is 5. The fraction of sp³-hybridized carbons (Fsp3) is 0.412. The van der Waals surface area contributed by atoms with Gasteiger partial charge in [0.15, 0.2) is 12.4 Å². The average molecular weight is 650 g/mol. The van der Waals surface area contributed by atoms with Crippen LogP contribution >= 0.6 is 0 Å². The molecule has 0 bridgehead atoms. The summed E-state index contributed by atoms with van der Waals surface area (Å²) in [6.45, 7) is 11.6. The number of piperidine rings is 1. The van der Waals surface area contributed by atoms with Crippen LogP contribution in [0.3, 0.4) is 0 Å². The molecule has 2 N–H and O–H groups in total. The molecule has 2 saturated heterocycles. The number of halogens is 3. The molecule has 13 heteroatoms. The molecule has 0 radical (unpaired) electrons. The fourth-order valence-corrected chi connectivity index (χ4v) is 6.67. The number of hydrogen-bond acceptors (Lipinski definition) is 8. The van der Waals surface area contributed by atoms with Crippen molar-refractivity contribution in [3.8, 4) is 22.9 Å². The number of fused-ring (bicyclic) bond motifs is 2. The molecule has 2 aromatic carbocycles. The highest BCUT2D eigenvalue weighted by Gasteiger charge is 2.46. The Morgan fingerprint density at radius 1 is 1.13 bits per heavy atom. The first-order chi connectivity index (χ1) is 22.6. The van der Waals surface area contributed by atoms with E-state index in [4.69, 9.17) is 19.4 Å². The van der Waals surface area contributed by atoms with E-state index in [1.54, 1.807) is 17.2 Å². The molecule has 2 aliphatic heterocycles. The molecule has 2 aromatic heterocycles. The van der Waals surface area contributed by atoms with E-state index in [1.807, 2.05) is 32.2 Å². The maximum Gasteiger partial charge on any atom is 0.422 e. The Hall–Kier alpha value is -4.65. The molecule has 2 fully saturated rings. The average Bonchev–Trinajstić information content (AvgIpc) is 3.52. The number of ether oxygens (including phenoxy) is 2. The Labute approximate surface area is 270 Å². The van der Waals surface area contributed by atoms with Gasteiger partial charge in [0.2, 0.25) is 5.91 Å². The van der Waals surface area contributed by atoms with E-state index in [1.165, 1.54) is 6.08 Å².